The first kappa shape index (κ1) is 11.4. The van der Waals surface area contributed by atoms with Gasteiger partial charge in [0.2, 0.25) is 0 Å². The fourth-order valence-electron chi connectivity index (χ4n) is 3.20. The van der Waals surface area contributed by atoms with Gasteiger partial charge < -0.3 is 5.32 Å². The minimum atomic E-state index is 0.775. The Morgan fingerprint density at radius 3 is 2.63 bits per heavy atom. The molecule has 2 heteroatoms. The van der Waals surface area contributed by atoms with Gasteiger partial charge in [-0.15, -0.1) is 0 Å². The SMILES string of the molecule is c1cc(CNC(C2CC2)C2CC2)c2ccncc2c1. The van der Waals surface area contributed by atoms with Crippen molar-refractivity contribution in [2.24, 2.45) is 11.8 Å². The Hall–Kier alpha value is -1.41. The molecule has 4 rings (SSSR count). The fourth-order valence-corrected chi connectivity index (χ4v) is 3.20. The van der Waals surface area contributed by atoms with E-state index in [0.29, 0.717) is 0 Å². The molecule has 2 aromatic rings. The summed E-state index contributed by atoms with van der Waals surface area (Å²) in [6.45, 7) is 0.999. The molecular formula is C17H20N2. The number of aromatic nitrogens is 1. The quantitative estimate of drug-likeness (QED) is 0.880. The molecule has 2 fully saturated rings. The van der Waals surface area contributed by atoms with Crippen LogP contribution in [0.15, 0.2) is 36.7 Å². The monoisotopic (exact) mass is 252 g/mol. The number of rotatable bonds is 5. The third-order valence-electron chi connectivity index (χ3n) is 4.56. The van der Waals surface area contributed by atoms with Crippen LogP contribution in [0, 0.1) is 11.8 Å². The predicted octanol–water partition coefficient (Wildman–Crippen LogP) is 3.51. The molecule has 19 heavy (non-hydrogen) atoms. The Morgan fingerprint density at radius 2 is 1.89 bits per heavy atom. The topological polar surface area (TPSA) is 24.9 Å². The van der Waals surface area contributed by atoms with Gasteiger partial charge in [0.15, 0.2) is 0 Å². The third kappa shape index (κ3) is 2.37. The van der Waals surface area contributed by atoms with Crippen LogP contribution in [0.25, 0.3) is 10.8 Å². The molecule has 98 valence electrons. The summed E-state index contributed by atoms with van der Waals surface area (Å²) in [5.41, 5.74) is 1.41. The molecule has 0 atom stereocenters. The molecule has 0 bridgehead atoms. The van der Waals surface area contributed by atoms with Crippen LogP contribution >= 0.6 is 0 Å². The molecule has 2 aliphatic carbocycles. The molecule has 1 N–H and O–H groups in total. The van der Waals surface area contributed by atoms with E-state index >= 15 is 0 Å². The van der Waals surface area contributed by atoms with Gasteiger partial charge in [0.1, 0.15) is 0 Å². The number of hydrogen-bond acceptors (Lipinski definition) is 2. The van der Waals surface area contributed by atoms with Crippen LogP contribution in [-0.4, -0.2) is 11.0 Å². The molecule has 2 aliphatic rings. The summed E-state index contributed by atoms with van der Waals surface area (Å²) >= 11 is 0. The average molecular weight is 252 g/mol. The summed E-state index contributed by atoms with van der Waals surface area (Å²) in [5, 5.41) is 6.42. The Kier molecular flexibility index (Phi) is 2.77. The maximum absolute atomic E-state index is 4.21. The molecule has 0 saturated heterocycles. The van der Waals surface area contributed by atoms with Gasteiger partial charge in [0, 0.05) is 30.4 Å². The highest BCUT2D eigenvalue weighted by Gasteiger charge is 2.40. The van der Waals surface area contributed by atoms with Crippen molar-refractivity contribution in [3.8, 4) is 0 Å². The van der Waals surface area contributed by atoms with Gasteiger partial charge in [-0.1, -0.05) is 18.2 Å². The summed E-state index contributed by atoms with van der Waals surface area (Å²) in [7, 11) is 0. The zero-order chi connectivity index (χ0) is 12.7. The van der Waals surface area contributed by atoms with Gasteiger partial charge in [0.05, 0.1) is 0 Å². The lowest BCUT2D eigenvalue weighted by Crippen LogP contribution is -2.32. The minimum Gasteiger partial charge on any atom is -0.309 e. The smallest absolute Gasteiger partial charge is 0.0346 e. The minimum absolute atomic E-state index is 0.775. The lowest BCUT2D eigenvalue weighted by molar-refractivity contribution is 0.416. The predicted molar refractivity (Wildman–Crippen MR) is 77.8 cm³/mol. The highest BCUT2D eigenvalue weighted by molar-refractivity contribution is 5.84. The fraction of sp³-hybridized carbons (Fsp3) is 0.471. The lowest BCUT2D eigenvalue weighted by Gasteiger charge is -2.18. The summed E-state index contributed by atoms with van der Waals surface area (Å²) in [5.74, 6) is 1.92. The second-order valence-electron chi connectivity index (χ2n) is 6.10. The first-order valence-electron chi connectivity index (χ1n) is 7.47. The maximum atomic E-state index is 4.21. The van der Waals surface area contributed by atoms with Crippen molar-refractivity contribution in [2.75, 3.05) is 0 Å². The Labute approximate surface area is 114 Å². The van der Waals surface area contributed by atoms with Gasteiger partial charge in [-0.05, 0) is 54.5 Å². The van der Waals surface area contributed by atoms with E-state index in [2.05, 4.69) is 34.6 Å². The summed E-state index contributed by atoms with van der Waals surface area (Å²) < 4.78 is 0. The summed E-state index contributed by atoms with van der Waals surface area (Å²) in [6.07, 6.45) is 9.60. The van der Waals surface area contributed by atoms with Gasteiger partial charge in [-0.3, -0.25) is 4.98 Å². The second kappa shape index (κ2) is 4.61. The van der Waals surface area contributed by atoms with Crippen molar-refractivity contribution in [3.05, 3.63) is 42.2 Å². The van der Waals surface area contributed by atoms with E-state index in [1.165, 1.54) is 42.0 Å². The standard InChI is InChI=1S/C17H20N2/c1-2-14-10-18-9-8-16(14)15(3-1)11-19-17(12-4-5-12)13-6-7-13/h1-3,8-10,12-13,17,19H,4-7,11H2. The van der Waals surface area contributed by atoms with E-state index in [1.54, 1.807) is 0 Å². The zero-order valence-corrected chi connectivity index (χ0v) is 11.2. The van der Waals surface area contributed by atoms with Crippen LogP contribution in [0.4, 0.5) is 0 Å². The normalized spacial score (nSPS) is 19.2. The summed E-state index contributed by atoms with van der Waals surface area (Å²) in [6, 6.07) is 9.44. The first-order valence-corrected chi connectivity index (χ1v) is 7.47. The maximum Gasteiger partial charge on any atom is 0.0346 e. The van der Waals surface area contributed by atoms with Crippen molar-refractivity contribution < 1.29 is 0 Å². The van der Waals surface area contributed by atoms with E-state index < -0.39 is 0 Å². The molecule has 0 amide bonds. The molecule has 1 aromatic carbocycles. The van der Waals surface area contributed by atoms with Crippen molar-refractivity contribution in [2.45, 2.75) is 38.3 Å². The van der Waals surface area contributed by atoms with Crippen molar-refractivity contribution in [3.63, 3.8) is 0 Å². The van der Waals surface area contributed by atoms with Crippen LogP contribution < -0.4 is 5.32 Å². The molecule has 0 spiro atoms. The van der Waals surface area contributed by atoms with Crippen LogP contribution in [0.1, 0.15) is 31.2 Å². The largest absolute Gasteiger partial charge is 0.309 e. The highest BCUT2D eigenvalue weighted by atomic mass is 14.9. The van der Waals surface area contributed by atoms with E-state index in [9.17, 15) is 0 Å². The molecular weight excluding hydrogens is 232 g/mol. The number of benzene rings is 1. The molecule has 1 aromatic heterocycles. The molecule has 0 radical (unpaired) electrons. The molecule has 2 nitrogen and oxygen atoms in total. The van der Waals surface area contributed by atoms with Gasteiger partial charge in [-0.25, -0.2) is 0 Å². The van der Waals surface area contributed by atoms with Crippen molar-refractivity contribution in [1.29, 1.82) is 0 Å². The van der Waals surface area contributed by atoms with E-state index in [0.717, 1.165) is 24.4 Å². The number of fused-ring (bicyclic) bond motifs is 1. The number of nitrogens with zero attached hydrogens (tertiary/aromatic N) is 1. The van der Waals surface area contributed by atoms with E-state index in [-0.39, 0.29) is 0 Å². The van der Waals surface area contributed by atoms with Crippen LogP contribution in [0.3, 0.4) is 0 Å². The van der Waals surface area contributed by atoms with E-state index in [4.69, 9.17) is 0 Å². The Morgan fingerprint density at radius 1 is 1.11 bits per heavy atom. The van der Waals surface area contributed by atoms with Crippen LogP contribution in [-0.2, 0) is 6.54 Å². The zero-order valence-electron chi connectivity index (χ0n) is 11.2. The molecule has 0 unspecified atom stereocenters. The summed E-state index contributed by atoms with van der Waals surface area (Å²) in [4.78, 5) is 4.21. The Balaban J connectivity index is 1.54. The lowest BCUT2D eigenvalue weighted by atomic mass is 10.0. The van der Waals surface area contributed by atoms with Gasteiger partial charge in [0.25, 0.3) is 0 Å². The number of pyridine rings is 1. The number of nitrogens with one attached hydrogen (secondary N) is 1. The van der Waals surface area contributed by atoms with Crippen molar-refractivity contribution in [1.82, 2.24) is 10.3 Å². The molecule has 1 heterocycles. The van der Waals surface area contributed by atoms with Gasteiger partial charge >= 0.3 is 0 Å². The van der Waals surface area contributed by atoms with E-state index in [1.807, 2.05) is 12.4 Å². The first-order chi connectivity index (χ1) is 9.42. The van der Waals surface area contributed by atoms with Crippen molar-refractivity contribution >= 4 is 10.8 Å². The second-order valence-corrected chi connectivity index (χ2v) is 6.10. The van der Waals surface area contributed by atoms with Crippen LogP contribution in [0.2, 0.25) is 0 Å². The molecule has 0 aliphatic heterocycles. The number of hydrogen-bond donors (Lipinski definition) is 1. The van der Waals surface area contributed by atoms with Gasteiger partial charge in [-0.2, -0.15) is 0 Å². The highest BCUT2D eigenvalue weighted by Crippen LogP contribution is 2.44. The third-order valence-corrected chi connectivity index (χ3v) is 4.56. The average Bonchev–Trinajstić information content (AvgIpc) is 3.33. The van der Waals surface area contributed by atoms with Crippen LogP contribution in [0.5, 0.6) is 0 Å². The molecule has 2 saturated carbocycles. The Bertz CT molecular complexity index is 567.